The fourth-order valence-corrected chi connectivity index (χ4v) is 4.74. The summed E-state index contributed by atoms with van der Waals surface area (Å²) in [5, 5.41) is 19.2. The number of aliphatic imine (C=N–C) groups is 1. The standard InChI is InChI=1S/C23H22N2O4/c1-12-19-10-15-5-4-14-8-16(13-2-3-13)9-17(18(23(28)29)11-20(26)27)21(14)22(15)25(19)7-6-24-12/h8-11,13H,2-7H2,1H3,(H,26,27)(H,28,29). The molecule has 0 amide bonds. The zero-order valence-corrected chi connectivity index (χ0v) is 16.2. The molecule has 148 valence electrons. The Kier molecular flexibility index (Phi) is 3.98. The molecule has 1 aromatic heterocycles. The van der Waals surface area contributed by atoms with Crippen LogP contribution in [0.4, 0.5) is 0 Å². The number of hydrogen-bond donors (Lipinski definition) is 2. The Morgan fingerprint density at radius 1 is 1.14 bits per heavy atom. The van der Waals surface area contributed by atoms with Crippen LogP contribution in [0.3, 0.4) is 0 Å². The first-order valence-corrected chi connectivity index (χ1v) is 10.0. The van der Waals surface area contributed by atoms with E-state index in [0.717, 1.165) is 72.1 Å². The van der Waals surface area contributed by atoms with Crippen LogP contribution in [-0.2, 0) is 29.0 Å². The molecular formula is C23H22N2O4. The summed E-state index contributed by atoms with van der Waals surface area (Å²) in [6.07, 6.45) is 4.76. The van der Waals surface area contributed by atoms with Crippen LogP contribution in [0.1, 0.15) is 53.6 Å². The number of carboxylic acids is 2. The van der Waals surface area contributed by atoms with Crippen LogP contribution in [0.15, 0.2) is 29.3 Å². The van der Waals surface area contributed by atoms with E-state index in [1.54, 1.807) is 0 Å². The van der Waals surface area contributed by atoms with Gasteiger partial charge in [0.15, 0.2) is 0 Å². The molecule has 2 aromatic rings. The minimum atomic E-state index is -1.25. The van der Waals surface area contributed by atoms with Gasteiger partial charge in [-0.1, -0.05) is 6.07 Å². The van der Waals surface area contributed by atoms with Crippen molar-refractivity contribution in [2.75, 3.05) is 6.54 Å². The first kappa shape index (κ1) is 17.9. The molecule has 2 N–H and O–H groups in total. The summed E-state index contributed by atoms with van der Waals surface area (Å²) >= 11 is 0. The predicted octanol–water partition coefficient (Wildman–Crippen LogP) is 3.51. The zero-order chi connectivity index (χ0) is 20.3. The maximum atomic E-state index is 12.1. The minimum Gasteiger partial charge on any atom is -0.478 e. The molecule has 3 aliphatic rings. The molecule has 0 bridgehead atoms. The van der Waals surface area contributed by atoms with Gasteiger partial charge in [0.2, 0.25) is 0 Å². The molecule has 0 unspecified atom stereocenters. The molecule has 6 heteroatoms. The zero-order valence-electron chi connectivity index (χ0n) is 16.2. The lowest BCUT2D eigenvalue weighted by atomic mass is 9.82. The molecule has 0 spiro atoms. The van der Waals surface area contributed by atoms with Crippen LogP contribution in [-0.4, -0.2) is 39.0 Å². The molecule has 1 aromatic carbocycles. The van der Waals surface area contributed by atoms with Gasteiger partial charge in [-0.25, -0.2) is 9.59 Å². The molecule has 0 radical (unpaired) electrons. The Morgan fingerprint density at radius 2 is 1.90 bits per heavy atom. The van der Waals surface area contributed by atoms with Gasteiger partial charge < -0.3 is 14.8 Å². The fourth-order valence-electron chi connectivity index (χ4n) is 4.74. The number of aromatic nitrogens is 1. The second-order valence-electron chi connectivity index (χ2n) is 8.10. The Morgan fingerprint density at radius 3 is 2.59 bits per heavy atom. The number of hydrogen-bond acceptors (Lipinski definition) is 3. The molecule has 2 heterocycles. The van der Waals surface area contributed by atoms with Crippen molar-refractivity contribution in [3.8, 4) is 11.3 Å². The molecule has 5 rings (SSSR count). The van der Waals surface area contributed by atoms with Gasteiger partial charge in [0, 0.05) is 18.2 Å². The molecule has 6 nitrogen and oxygen atoms in total. The summed E-state index contributed by atoms with van der Waals surface area (Å²) in [7, 11) is 0. The van der Waals surface area contributed by atoms with E-state index < -0.39 is 11.9 Å². The summed E-state index contributed by atoms with van der Waals surface area (Å²) < 4.78 is 2.23. The Labute approximate surface area is 168 Å². The average molecular weight is 390 g/mol. The number of aliphatic carboxylic acids is 2. The van der Waals surface area contributed by atoms with E-state index in [9.17, 15) is 19.8 Å². The SMILES string of the molecule is CC1=NCCn2c1cc1c2-c2c(cc(C3CC3)cc2C(=CC(=O)O)C(=O)O)CC1. The lowest BCUT2D eigenvalue weighted by Crippen LogP contribution is -2.18. The van der Waals surface area contributed by atoms with Crippen molar-refractivity contribution in [3.05, 3.63) is 52.2 Å². The average Bonchev–Trinajstić information content (AvgIpc) is 3.46. The molecule has 1 aliphatic heterocycles. The third-order valence-corrected chi connectivity index (χ3v) is 6.20. The van der Waals surface area contributed by atoms with Crippen molar-refractivity contribution in [3.63, 3.8) is 0 Å². The van der Waals surface area contributed by atoms with Crippen LogP contribution in [0.2, 0.25) is 0 Å². The topological polar surface area (TPSA) is 91.9 Å². The fraction of sp³-hybridized carbons (Fsp3) is 0.348. The van der Waals surface area contributed by atoms with Crippen LogP contribution < -0.4 is 0 Å². The third kappa shape index (κ3) is 2.90. The van der Waals surface area contributed by atoms with Crippen LogP contribution >= 0.6 is 0 Å². The van der Waals surface area contributed by atoms with E-state index in [1.807, 2.05) is 13.0 Å². The second kappa shape index (κ2) is 6.44. The summed E-state index contributed by atoms with van der Waals surface area (Å²) in [4.78, 5) is 28.0. The highest BCUT2D eigenvalue weighted by Gasteiger charge is 2.32. The number of rotatable bonds is 4. The van der Waals surface area contributed by atoms with Crippen molar-refractivity contribution in [2.45, 2.75) is 45.1 Å². The van der Waals surface area contributed by atoms with Gasteiger partial charge in [0.05, 0.1) is 29.2 Å². The highest BCUT2D eigenvalue weighted by Crippen LogP contribution is 2.46. The van der Waals surface area contributed by atoms with Crippen LogP contribution in [0, 0.1) is 0 Å². The quantitative estimate of drug-likeness (QED) is 0.782. The van der Waals surface area contributed by atoms with Crippen molar-refractivity contribution < 1.29 is 19.8 Å². The normalized spacial score (nSPS) is 17.8. The highest BCUT2D eigenvalue weighted by atomic mass is 16.4. The molecular weight excluding hydrogens is 368 g/mol. The molecule has 2 aliphatic carbocycles. The van der Waals surface area contributed by atoms with Crippen molar-refractivity contribution in [1.82, 2.24) is 4.57 Å². The Bertz CT molecular complexity index is 1130. The first-order chi connectivity index (χ1) is 13.9. The number of benzene rings is 1. The van der Waals surface area contributed by atoms with Crippen LogP contribution in [0.25, 0.3) is 16.8 Å². The lowest BCUT2D eigenvalue weighted by molar-refractivity contribution is -0.133. The van der Waals surface area contributed by atoms with E-state index >= 15 is 0 Å². The van der Waals surface area contributed by atoms with Gasteiger partial charge in [-0.2, -0.15) is 0 Å². The largest absolute Gasteiger partial charge is 0.478 e. The molecule has 0 saturated heterocycles. The first-order valence-electron chi connectivity index (χ1n) is 10.0. The number of carbonyl (C=O) groups is 2. The Balaban J connectivity index is 1.81. The predicted molar refractivity (Wildman–Crippen MR) is 110 cm³/mol. The van der Waals surface area contributed by atoms with Crippen LogP contribution in [0.5, 0.6) is 0 Å². The molecule has 29 heavy (non-hydrogen) atoms. The molecule has 1 saturated carbocycles. The Hall–Kier alpha value is -3.15. The summed E-state index contributed by atoms with van der Waals surface area (Å²) in [6, 6.07) is 6.29. The molecule has 1 fully saturated rings. The molecule has 0 atom stereocenters. The lowest BCUT2D eigenvalue weighted by Gasteiger charge is -2.25. The van der Waals surface area contributed by atoms with Crippen molar-refractivity contribution in [2.24, 2.45) is 4.99 Å². The number of nitrogens with zero attached hydrogens (tertiary/aromatic N) is 2. The van der Waals surface area contributed by atoms with E-state index in [4.69, 9.17) is 0 Å². The van der Waals surface area contributed by atoms with Gasteiger partial charge >= 0.3 is 11.9 Å². The number of carboxylic acid groups (broad SMARTS) is 2. The third-order valence-electron chi connectivity index (χ3n) is 6.20. The monoisotopic (exact) mass is 390 g/mol. The smallest absolute Gasteiger partial charge is 0.336 e. The van der Waals surface area contributed by atoms with Gasteiger partial charge in [-0.3, -0.25) is 4.99 Å². The number of aryl methyl sites for hydroxylation is 2. The highest BCUT2D eigenvalue weighted by molar-refractivity contribution is 6.21. The van der Waals surface area contributed by atoms with Gasteiger partial charge in [-0.15, -0.1) is 0 Å². The van der Waals surface area contributed by atoms with E-state index in [1.165, 1.54) is 5.56 Å². The van der Waals surface area contributed by atoms with E-state index in [0.29, 0.717) is 18.0 Å². The summed E-state index contributed by atoms with van der Waals surface area (Å²) in [6.45, 7) is 3.44. The van der Waals surface area contributed by atoms with Gasteiger partial charge in [-0.05, 0) is 72.9 Å². The van der Waals surface area contributed by atoms with Crippen molar-refractivity contribution >= 4 is 23.2 Å². The maximum absolute atomic E-state index is 12.1. The van der Waals surface area contributed by atoms with E-state index in [2.05, 4.69) is 21.7 Å². The number of fused-ring (bicyclic) bond motifs is 5. The second-order valence-corrected chi connectivity index (χ2v) is 8.10. The van der Waals surface area contributed by atoms with Gasteiger partial charge in [0.1, 0.15) is 0 Å². The van der Waals surface area contributed by atoms with E-state index in [-0.39, 0.29) is 5.57 Å². The minimum absolute atomic E-state index is 0.152. The summed E-state index contributed by atoms with van der Waals surface area (Å²) in [5.41, 5.74) is 7.79. The van der Waals surface area contributed by atoms with Gasteiger partial charge in [0.25, 0.3) is 0 Å². The van der Waals surface area contributed by atoms with Crippen molar-refractivity contribution in [1.29, 1.82) is 0 Å². The maximum Gasteiger partial charge on any atom is 0.336 e. The summed E-state index contributed by atoms with van der Waals surface area (Å²) in [5.74, 6) is -2.00.